The Morgan fingerprint density at radius 1 is 1.69 bits per heavy atom. The van der Waals surface area contributed by atoms with E-state index in [1.54, 1.807) is 14.1 Å². The highest BCUT2D eigenvalue weighted by Gasteiger charge is 2.18. The van der Waals surface area contributed by atoms with Crippen molar-refractivity contribution in [1.82, 2.24) is 15.1 Å². The standard InChI is InChI=1S/C6H12N4O2S/c1-8-3-5-4-9-10(2)6(5)13(7,11)12/h4,8H,3H2,1-2H3,(H2,7,11,12). The molecule has 13 heavy (non-hydrogen) atoms. The highest BCUT2D eigenvalue weighted by Crippen LogP contribution is 2.11. The molecular formula is C6H12N4O2S. The van der Waals surface area contributed by atoms with Gasteiger partial charge in [-0.1, -0.05) is 0 Å². The highest BCUT2D eigenvalue weighted by molar-refractivity contribution is 7.89. The molecular weight excluding hydrogens is 192 g/mol. The predicted octanol–water partition coefficient (Wildman–Crippen LogP) is -1.21. The molecule has 0 amide bonds. The van der Waals surface area contributed by atoms with E-state index in [4.69, 9.17) is 5.14 Å². The van der Waals surface area contributed by atoms with Crippen LogP contribution in [0.5, 0.6) is 0 Å². The molecule has 0 bridgehead atoms. The first kappa shape index (κ1) is 10.2. The number of nitrogens with two attached hydrogens (primary N) is 1. The maximum atomic E-state index is 11.1. The van der Waals surface area contributed by atoms with Crippen LogP contribution in [0.1, 0.15) is 5.56 Å². The number of sulfonamides is 1. The van der Waals surface area contributed by atoms with Gasteiger partial charge in [-0.25, -0.2) is 13.6 Å². The first-order chi connectivity index (χ1) is 5.96. The second kappa shape index (κ2) is 3.44. The van der Waals surface area contributed by atoms with Gasteiger partial charge in [0.2, 0.25) is 0 Å². The fourth-order valence-corrected chi connectivity index (χ4v) is 2.06. The highest BCUT2D eigenvalue weighted by atomic mass is 32.2. The Bertz CT molecular complexity index is 395. The van der Waals surface area contributed by atoms with Crippen LogP contribution in [0.15, 0.2) is 11.2 Å². The van der Waals surface area contributed by atoms with Crippen LogP contribution in [-0.4, -0.2) is 25.2 Å². The number of hydrogen-bond acceptors (Lipinski definition) is 4. The number of primary sulfonamides is 1. The van der Waals surface area contributed by atoms with Gasteiger partial charge in [-0.2, -0.15) is 5.10 Å². The van der Waals surface area contributed by atoms with Gasteiger partial charge in [-0.15, -0.1) is 0 Å². The molecule has 6 nitrogen and oxygen atoms in total. The zero-order valence-corrected chi connectivity index (χ0v) is 8.30. The van der Waals surface area contributed by atoms with Crippen molar-refractivity contribution in [1.29, 1.82) is 0 Å². The Labute approximate surface area is 76.8 Å². The number of aromatic nitrogens is 2. The average molecular weight is 204 g/mol. The third kappa shape index (κ3) is 2.06. The molecule has 1 rings (SSSR count). The third-order valence-corrected chi connectivity index (χ3v) is 2.66. The largest absolute Gasteiger partial charge is 0.316 e. The van der Waals surface area contributed by atoms with Crippen LogP contribution < -0.4 is 10.5 Å². The van der Waals surface area contributed by atoms with E-state index in [2.05, 4.69) is 10.4 Å². The molecule has 7 heteroatoms. The quantitative estimate of drug-likeness (QED) is 0.646. The van der Waals surface area contributed by atoms with E-state index in [-0.39, 0.29) is 5.03 Å². The fraction of sp³-hybridized carbons (Fsp3) is 0.500. The van der Waals surface area contributed by atoms with Crippen molar-refractivity contribution in [3.63, 3.8) is 0 Å². The molecule has 1 aromatic rings. The topological polar surface area (TPSA) is 90.0 Å². The first-order valence-electron chi connectivity index (χ1n) is 3.65. The lowest BCUT2D eigenvalue weighted by atomic mass is 10.4. The first-order valence-corrected chi connectivity index (χ1v) is 5.19. The molecule has 74 valence electrons. The van der Waals surface area contributed by atoms with Crippen LogP contribution in [0.4, 0.5) is 0 Å². The number of nitrogens with one attached hydrogen (secondary N) is 1. The molecule has 0 spiro atoms. The summed E-state index contributed by atoms with van der Waals surface area (Å²) in [6.07, 6.45) is 1.48. The molecule has 0 aromatic carbocycles. The molecule has 1 heterocycles. The van der Waals surface area contributed by atoms with Crippen molar-refractivity contribution >= 4 is 10.0 Å². The maximum Gasteiger partial charge on any atom is 0.255 e. The van der Waals surface area contributed by atoms with E-state index >= 15 is 0 Å². The molecule has 3 N–H and O–H groups in total. The van der Waals surface area contributed by atoms with Crippen molar-refractivity contribution in [2.45, 2.75) is 11.6 Å². The molecule has 0 fully saturated rings. The van der Waals surface area contributed by atoms with E-state index < -0.39 is 10.0 Å². The fourth-order valence-electron chi connectivity index (χ4n) is 1.15. The number of nitrogens with zero attached hydrogens (tertiary/aromatic N) is 2. The summed E-state index contributed by atoms with van der Waals surface area (Å²) in [4.78, 5) is 0. The van der Waals surface area contributed by atoms with Gasteiger partial charge in [0.1, 0.15) is 0 Å². The van der Waals surface area contributed by atoms with Crippen LogP contribution in [0.2, 0.25) is 0 Å². The van der Waals surface area contributed by atoms with E-state index in [1.165, 1.54) is 10.9 Å². The van der Waals surface area contributed by atoms with Crippen molar-refractivity contribution in [2.24, 2.45) is 12.2 Å². The van der Waals surface area contributed by atoms with Crippen LogP contribution in [0.25, 0.3) is 0 Å². The van der Waals surface area contributed by atoms with Gasteiger partial charge in [0.25, 0.3) is 10.0 Å². The van der Waals surface area contributed by atoms with E-state index in [0.29, 0.717) is 12.1 Å². The summed E-state index contributed by atoms with van der Waals surface area (Å²) in [5.41, 5.74) is 0.576. The molecule has 0 atom stereocenters. The lowest BCUT2D eigenvalue weighted by Gasteiger charge is -2.02. The van der Waals surface area contributed by atoms with Gasteiger partial charge in [0.05, 0.1) is 6.20 Å². The Morgan fingerprint density at radius 2 is 2.31 bits per heavy atom. The van der Waals surface area contributed by atoms with Crippen molar-refractivity contribution in [3.05, 3.63) is 11.8 Å². The summed E-state index contributed by atoms with van der Waals surface area (Å²) in [6, 6.07) is 0. The molecule has 0 aliphatic heterocycles. The molecule has 0 saturated heterocycles. The van der Waals surface area contributed by atoms with Crippen LogP contribution in [0.3, 0.4) is 0 Å². The van der Waals surface area contributed by atoms with Gasteiger partial charge < -0.3 is 5.32 Å². The molecule has 0 unspecified atom stereocenters. The summed E-state index contributed by atoms with van der Waals surface area (Å²) in [5.74, 6) is 0. The molecule has 0 radical (unpaired) electrons. The number of hydrogen-bond donors (Lipinski definition) is 2. The van der Waals surface area contributed by atoms with Crippen LogP contribution in [0, 0.1) is 0 Å². The maximum absolute atomic E-state index is 11.1. The Balaban J connectivity index is 3.25. The van der Waals surface area contributed by atoms with Crippen LogP contribution >= 0.6 is 0 Å². The van der Waals surface area contributed by atoms with Crippen molar-refractivity contribution in [3.8, 4) is 0 Å². The smallest absolute Gasteiger partial charge is 0.255 e. The Hall–Kier alpha value is -0.920. The monoisotopic (exact) mass is 204 g/mol. The Kier molecular flexibility index (Phi) is 2.69. The van der Waals surface area contributed by atoms with Gasteiger partial charge in [-0.3, -0.25) is 4.68 Å². The third-order valence-electron chi connectivity index (χ3n) is 1.59. The summed E-state index contributed by atoms with van der Waals surface area (Å²) < 4.78 is 23.5. The lowest BCUT2D eigenvalue weighted by Crippen LogP contribution is -2.19. The van der Waals surface area contributed by atoms with Gasteiger partial charge in [0, 0.05) is 19.2 Å². The minimum atomic E-state index is -3.68. The normalized spacial score (nSPS) is 11.9. The number of aryl methyl sites for hydroxylation is 1. The van der Waals surface area contributed by atoms with E-state index in [9.17, 15) is 8.42 Å². The minimum absolute atomic E-state index is 0.0573. The second-order valence-corrected chi connectivity index (χ2v) is 4.15. The van der Waals surface area contributed by atoms with Gasteiger partial charge >= 0.3 is 0 Å². The predicted molar refractivity (Wildman–Crippen MR) is 47.3 cm³/mol. The summed E-state index contributed by atoms with van der Waals surface area (Å²) in [5, 5.41) is 11.7. The molecule has 0 aliphatic carbocycles. The second-order valence-electron chi connectivity index (χ2n) is 2.67. The van der Waals surface area contributed by atoms with Crippen molar-refractivity contribution < 1.29 is 8.42 Å². The summed E-state index contributed by atoms with van der Waals surface area (Å²) >= 11 is 0. The number of rotatable bonds is 3. The summed E-state index contributed by atoms with van der Waals surface area (Å²) in [7, 11) is -0.420. The minimum Gasteiger partial charge on any atom is -0.316 e. The summed E-state index contributed by atoms with van der Waals surface area (Å²) in [6.45, 7) is 0.430. The SMILES string of the molecule is CNCc1cnn(C)c1S(N)(=O)=O. The zero-order valence-electron chi connectivity index (χ0n) is 7.48. The Morgan fingerprint density at radius 3 is 2.77 bits per heavy atom. The molecule has 0 saturated carbocycles. The zero-order chi connectivity index (χ0) is 10.1. The lowest BCUT2D eigenvalue weighted by molar-refractivity contribution is 0.575. The van der Waals surface area contributed by atoms with Gasteiger partial charge in [0.15, 0.2) is 5.03 Å². The van der Waals surface area contributed by atoms with E-state index in [0.717, 1.165) is 0 Å². The van der Waals surface area contributed by atoms with Crippen molar-refractivity contribution in [2.75, 3.05) is 7.05 Å². The van der Waals surface area contributed by atoms with E-state index in [1.807, 2.05) is 0 Å². The average Bonchev–Trinajstić information content (AvgIpc) is 2.31. The van der Waals surface area contributed by atoms with Crippen LogP contribution in [-0.2, 0) is 23.6 Å². The molecule has 0 aliphatic rings. The van der Waals surface area contributed by atoms with Gasteiger partial charge in [-0.05, 0) is 7.05 Å². The molecule has 1 aromatic heterocycles.